The quantitative estimate of drug-likeness (QED) is 0.233. The Balaban J connectivity index is 1.81. The summed E-state index contributed by atoms with van der Waals surface area (Å²) in [5.41, 5.74) is 2.62. The van der Waals surface area contributed by atoms with E-state index in [0.29, 0.717) is 16.7 Å². The van der Waals surface area contributed by atoms with E-state index in [4.69, 9.17) is 20.4 Å². The lowest BCUT2D eigenvalue weighted by molar-refractivity contribution is -0.182. The van der Waals surface area contributed by atoms with Crippen LogP contribution in [0.25, 0.3) is 0 Å². The van der Waals surface area contributed by atoms with Crippen LogP contribution in [0.4, 0.5) is 8.78 Å². The van der Waals surface area contributed by atoms with E-state index in [1.807, 2.05) is 6.07 Å². The molecule has 0 spiro atoms. The fourth-order valence-electron chi connectivity index (χ4n) is 4.95. The molecule has 1 aliphatic carbocycles. The molecule has 0 bridgehead atoms. The summed E-state index contributed by atoms with van der Waals surface area (Å²) >= 11 is 0. The van der Waals surface area contributed by atoms with Crippen molar-refractivity contribution in [3.05, 3.63) is 70.3 Å². The van der Waals surface area contributed by atoms with Gasteiger partial charge in [-0.25, -0.2) is 5.06 Å². The predicted molar refractivity (Wildman–Crippen MR) is 142 cm³/mol. The van der Waals surface area contributed by atoms with E-state index in [0.717, 1.165) is 54.9 Å². The van der Waals surface area contributed by atoms with Crippen LogP contribution in [-0.2, 0) is 37.6 Å². The van der Waals surface area contributed by atoms with Gasteiger partial charge in [0.15, 0.2) is 0 Å². The second-order valence-corrected chi connectivity index (χ2v) is 11.6. The van der Waals surface area contributed by atoms with Crippen LogP contribution in [0.1, 0.15) is 77.6 Å². The number of benzene rings is 2. The average Bonchev–Trinajstić information content (AvgIpc) is 2.90. The minimum Gasteiger partial charge on any atom is -0.366 e. The van der Waals surface area contributed by atoms with Gasteiger partial charge in [0.25, 0.3) is 5.91 Å². The van der Waals surface area contributed by atoms with Crippen molar-refractivity contribution < 1.29 is 42.4 Å². The molecular formula is C27H34F2N3O7P. The molecular weight excluding hydrogens is 547 g/mol. The zero-order chi connectivity index (χ0) is 29.7. The van der Waals surface area contributed by atoms with Gasteiger partial charge in [-0.05, 0) is 41.5 Å². The molecule has 0 radical (unpaired) electrons. The number of carbonyl (C=O) groups is 3. The first kappa shape index (κ1) is 31.3. The van der Waals surface area contributed by atoms with Gasteiger partial charge in [-0.1, -0.05) is 55.7 Å². The van der Waals surface area contributed by atoms with Gasteiger partial charge in [0.05, 0.1) is 13.7 Å². The summed E-state index contributed by atoms with van der Waals surface area (Å²) in [5, 5.41) is 3.53. The smallest absolute Gasteiger partial charge is 0.366 e. The summed E-state index contributed by atoms with van der Waals surface area (Å²) in [6.07, 6.45) is 5.14. The average molecular weight is 582 g/mol. The largest absolute Gasteiger partial charge is 0.399 e. The summed E-state index contributed by atoms with van der Waals surface area (Å²) in [4.78, 5) is 60.7. The van der Waals surface area contributed by atoms with Crippen molar-refractivity contribution in [3.8, 4) is 0 Å². The Hall–Kier alpha value is -3.18. The molecule has 2 aromatic carbocycles. The van der Waals surface area contributed by atoms with Gasteiger partial charge in [0.2, 0.25) is 11.8 Å². The molecule has 1 atom stereocenters. The molecule has 13 heteroatoms. The van der Waals surface area contributed by atoms with Crippen LogP contribution in [0.2, 0.25) is 0 Å². The number of hydroxylamine groups is 2. The van der Waals surface area contributed by atoms with Gasteiger partial charge in [0, 0.05) is 24.5 Å². The monoisotopic (exact) mass is 581 g/mol. The fraction of sp³-hybridized carbons (Fsp3) is 0.444. The molecule has 3 amide bonds. The van der Waals surface area contributed by atoms with Crippen molar-refractivity contribution in [2.75, 3.05) is 7.11 Å². The van der Waals surface area contributed by atoms with Crippen LogP contribution >= 0.6 is 7.60 Å². The molecule has 1 saturated carbocycles. The van der Waals surface area contributed by atoms with E-state index < -0.39 is 42.6 Å². The molecule has 0 aromatic heterocycles. The number of nitrogens with two attached hydrogens (primary N) is 1. The Morgan fingerprint density at radius 2 is 1.70 bits per heavy atom. The summed E-state index contributed by atoms with van der Waals surface area (Å²) in [6, 6.07) is 8.24. The molecule has 0 heterocycles. The highest BCUT2D eigenvalue weighted by Crippen LogP contribution is 2.59. The van der Waals surface area contributed by atoms with E-state index >= 15 is 0 Å². The number of carbonyl (C=O) groups excluding carboxylic acids is 3. The Bertz CT molecular complexity index is 1280. The highest BCUT2D eigenvalue weighted by molar-refractivity contribution is 7.52. The Morgan fingerprint density at radius 1 is 1.10 bits per heavy atom. The van der Waals surface area contributed by atoms with Crippen LogP contribution in [-0.4, -0.2) is 45.7 Å². The van der Waals surface area contributed by atoms with Gasteiger partial charge in [0.1, 0.15) is 6.04 Å². The fourth-order valence-corrected chi connectivity index (χ4v) is 5.43. The lowest BCUT2D eigenvalue weighted by atomic mass is 9.81. The molecule has 0 aliphatic heterocycles. The number of halogens is 2. The molecule has 1 fully saturated rings. The first-order valence-electron chi connectivity index (χ1n) is 12.8. The number of nitrogens with one attached hydrogen (secondary N) is 1. The molecule has 0 unspecified atom stereocenters. The van der Waals surface area contributed by atoms with Crippen LogP contribution in [0.3, 0.4) is 0 Å². The zero-order valence-corrected chi connectivity index (χ0v) is 23.2. The number of hydrogen-bond donors (Lipinski definition) is 4. The molecule has 5 N–H and O–H groups in total. The predicted octanol–water partition coefficient (Wildman–Crippen LogP) is 3.70. The molecule has 2 aromatic rings. The molecule has 10 nitrogen and oxygen atoms in total. The van der Waals surface area contributed by atoms with Crippen molar-refractivity contribution in [3.63, 3.8) is 0 Å². The van der Waals surface area contributed by atoms with Crippen LogP contribution < -0.4 is 11.1 Å². The van der Waals surface area contributed by atoms with E-state index in [2.05, 4.69) is 5.32 Å². The first-order valence-corrected chi connectivity index (χ1v) is 14.4. The number of amides is 3. The molecule has 40 heavy (non-hydrogen) atoms. The summed E-state index contributed by atoms with van der Waals surface area (Å²) in [7, 11) is -4.47. The minimum absolute atomic E-state index is 0.0654. The number of nitrogens with zero attached hydrogens (tertiary/aromatic N) is 1. The van der Waals surface area contributed by atoms with Crippen LogP contribution in [0, 0.1) is 0 Å². The Morgan fingerprint density at radius 3 is 2.23 bits per heavy atom. The molecule has 218 valence electrons. The van der Waals surface area contributed by atoms with Crippen LogP contribution in [0.15, 0.2) is 42.5 Å². The summed E-state index contributed by atoms with van der Waals surface area (Å²) in [6.45, 7) is 1.15. The third kappa shape index (κ3) is 7.51. The molecule has 0 saturated heterocycles. The number of alkyl halides is 2. The number of primary amides is 1. The van der Waals surface area contributed by atoms with Crippen molar-refractivity contribution in [2.45, 2.75) is 69.6 Å². The highest BCUT2D eigenvalue weighted by atomic mass is 31.2. The van der Waals surface area contributed by atoms with Gasteiger partial charge < -0.3 is 20.8 Å². The van der Waals surface area contributed by atoms with Gasteiger partial charge in [-0.3, -0.25) is 23.8 Å². The zero-order valence-electron chi connectivity index (χ0n) is 22.3. The maximum Gasteiger partial charge on any atom is 0.399 e. The number of hydrogen-bond acceptors (Lipinski definition) is 5. The lowest BCUT2D eigenvalue weighted by Gasteiger charge is -2.27. The maximum atomic E-state index is 14.0. The van der Waals surface area contributed by atoms with E-state index in [1.54, 1.807) is 12.1 Å². The lowest BCUT2D eigenvalue weighted by Crippen LogP contribution is -2.48. The maximum absolute atomic E-state index is 14.0. The number of rotatable bonds is 11. The van der Waals surface area contributed by atoms with Gasteiger partial charge in [-0.15, -0.1) is 0 Å². The highest BCUT2D eigenvalue weighted by Gasteiger charge is 2.50. The second-order valence-electron chi connectivity index (χ2n) is 9.92. The van der Waals surface area contributed by atoms with E-state index in [-0.39, 0.29) is 18.9 Å². The topological polar surface area (TPSA) is 159 Å². The van der Waals surface area contributed by atoms with Crippen molar-refractivity contribution >= 4 is 25.3 Å². The van der Waals surface area contributed by atoms with E-state index in [1.165, 1.54) is 26.2 Å². The Labute approximate surface area is 231 Å². The molecule has 3 rings (SSSR count). The van der Waals surface area contributed by atoms with Gasteiger partial charge >= 0.3 is 13.3 Å². The normalized spacial score (nSPS) is 15.3. The third-order valence-corrected chi connectivity index (χ3v) is 7.99. The van der Waals surface area contributed by atoms with Crippen molar-refractivity contribution in [2.24, 2.45) is 5.73 Å². The van der Waals surface area contributed by atoms with Crippen molar-refractivity contribution in [1.82, 2.24) is 10.4 Å². The summed E-state index contributed by atoms with van der Waals surface area (Å²) in [5.74, 6) is -1.49. The first-order chi connectivity index (χ1) is 18.7. The summed E-state index contributed by atoms with van der Waals surface area (Å²) < 4.78 is 39.1. The van der Waals surface area contributed by atoms with Crippen LogP contribution in [0.5, 0.6) is 0 Å². The minimum atomic E-state index is -5.74. The standard InChI is InChI=1S/C27H34F2N3O7P/c1-17(33)31-24(15-18-8-11-21(12-9-18)27(28,29)40(36,37)38)26(35)32(39-2)16-19-10-13-22(23(14-19)25(30)34)20-6-4-3-5-7-20/h8-14,20,24H,3-7,15-16H2,1-2H3,(H2,30,34)(H,31,33)(H2,36,37,38)/t24-/m0/s1. The second kappa shape index (κ2) is 13.0. The van der Waals surface area contributed by atoms with Gasteiger partial charge in [-0.2, -0.15) is 8.78 Å². The Kier molecular flexibility index (Phi) is 10.2. The van der Waals surface area contributed by atoms with E-state index in [9.17, 15) is 27.7 Å². The van der Waals surface area contributed by atoms with Crippen molar-refractivity contribution in [1.29, 1.82) is 0 Å². The molecule has 1 aliphatic rings. The third-order valence-electron chi connectivity index (χ3n) is 7.00. The SMILES string of the molecule is CON(Cc1ccc(C2CCCCC2)c(C(N)=O)c1)C(=O)[C@H](Cc1ccc(C(F)(F)P(=O)(O)O)cc1)NC(C)=O.